The van der Waals surface area contributed by atoms with Crippen LogP contribution in [0.25, 0.3) is 11.3 Å². The van der Waals surface area contributed by atoms with E-state index in [1.54, 1.807) is 11.3 Å². The number of carbonyl (C=O) groups excluding carboxylic acids is 1. The van der Waals surface area contributed by atoms with E-state index in [4.69, 9.17) is 0 Å². The number of likely N-dealkylation sites (tertiary alicyclic amines) is 1. The van der Waals surface area contributed by atoms with Crippen LogP contribution in [-0.4, -0.2) is 29.0 Å². The van der Waals surface area contributed by atoms with Crippen molar-refractivity contribution in [2.75, 3.05) is 13.1 Å². The second-order valence-electron chi connectivity index (χ2n) is 6.50. The molecule has 1 fully saturated rings. The molecule has 1 aliphatic heterocycles. The van der Waals surface area contributed by atoms with Crippen LogP contribution in [0.1, 0.15) is 25.3 Å². The zero-order chi connectivity index (χ0) is 16.2. The maximum atomic E-state index is 12.3. The van der Waals surface area contributed by atoms with Gasteiger partial charge >= 0.3 is 6.03 Å². The maximum Gasteiger partial charge on any atom is 0.317 e. The second kappa shape index (κ2) is 7.13. The van der Waals surface area contributed by atoms with E-state index in [0.717, 1.165) is 29.4 Å². The molecule has 2 atom stereocenters. The first-order valence-corrected chi connectivity index (χ1v) is 9.02. The van der Waals surface area contributed by atoms with E-state index >= 15 is 0 Å². The molecular weight excluding hydrogens is 306 g/mol. The van der Waals surface area contributed by atoms with Gasteiger partial charge in [-0.15, -0.1) is 11.3 Å². The summed E-state index contributed by atoms with van der Waals surface area (Å²) >= 11 is 1.59. The van der Waals surface area contributed by atoms with E-state index in [1.807, 2.05) is 40.6 Å². The number of aromatic nitrogens is 1. The van der Waals surface area contributed by atoms with Crippen molar-refractivity contribution in [3.63, 3.8) is 0 Å². The van der Waals surface area contributed by atoms with Gasteiger partial charge in [0.25, 0.3) is 0 Å². The first-order valence-electron chi connectivity index (χ1n) is 8.14. The molecule has 0 aliphatic carbocycles. The first kappa shape index (κ1) is 16.0. The molecule has 0 saturated carbocycles. The predicted octanol–water partition coefficient (Wildman–Crippen LogP) is 4.00. The average molecular weight is 329 g/mol. The van der Waals surface area contributed by atoms with Crippen molar-refractivity contribution in [2.45, 2.75) is 26.8 Å². The van der Waals surface area contributed by atoms with E-state index in [0.29, 0.717) is 18.4 Å². The summed E-state index contributed by atoms with van der Waals surface area (Å²) in [4.78, 5) is 18.9. The molecule has 0 bridgehead atoms. The number of nitrogens with one attached hydrogen (secondary N) is 1. The third kappa shape index (κ3) is 4.10. The highest BCUT2D eigenvalue weighted by Crippen LogP contribution is 2.22. The molecule has 2 heterocycles. The fourth-order valence-electron chi connectivity index (χ4n) is 3.23. The van der Waals surface area contributed by atoms with E-state index in [2.05, 4.69) is 24.1 Å². The van der Waals surface area contributed by atoms with Crippen LogP contribution in [0.3, 0.4) is 0 Å². The van der Waals surface area contributed by atoms with Crippen LogP contribution < -0.4 is 5.32 Å². The van der Waals surface area contributed by atoms with Gasteiger partial charge < -0.3 is 10.2 Å². The lowest BCUT2D eigenvalue weighted by Gasteiger charge is -2.34. The Labute approximate surface area is 141 Å². The molecule has 2 unspecified atom stereocenters. The Morgan fingerprint density at radius 2 is 1.96 bits per heavy atom. The Bertz CT molecular complexity index is 645. The number of piperidine rings is 1. The average Bonchev–Trinajstić information content (AvgIpc) is 3.01. The quantitative estimate of drug-likeness (QED) is 0.925. The molecule has 2 aromatic rings. The van der Waals surface area contributed by atoms with Gasteiger partial charge in [0.05, 0.1) is 12.2 Å². The van der Waals surface area contributed by atoms with Crippen LogP contribution in [-0.2, 0) is 6.54 Å². The Hall–Kier alpha value is -1.88. The molecule has 0 radical (unpaired) electrons. The van der Waals surface area contributed by atoms with Gasteiger partial charge in [0.2, 0.25) is 0 Å². The van der Waals surface area contributed by atoms with Gasteiger partial charge in [-0.25, -0.2) is 9.78 Å². The Kier molecular flexibility index (Phi) is 4.96. The summed E-state index contributed by atoms with van der Waals surface area (Å²) in [5.41, 5.74) is 2.08. The van der Waals surface area contributed by atoms with Gasteiger partial charge in [0, 0.05) is 24.0 Å². The van der Waals surface area contributed by atoms with Crippen molar-refractivity contribution < 1.29 is 4.79 Å². The maximum absolute atomic E-state index is 12.3. The largest absolute Gasteiger partial charge is 0.331 e. The summed E-state index contributed by atoms with van der Waals surface area (Å²) in [5.74, 6) is 1.16. The predicted molar refractivity (Wildman–Crippen MR) is 94.3 cm³/mol. The molecule has 2 amide bonds. The summed E-state index contributed by atoms with van der Waals surface area (Å²) in [7, 11) is 0. The highest BCUT2D eigenvalue weighted by Gasteiger charge is 2.25. The third-order valence-corrected chi connectivity index (χ3v) is 5.02. The standard InChI is InChI=1S/C18H23N3OS/c1-13-8-14(2)11-21(10-13)18(22)19-9-17-20-16(12-23-17)15-6-4-3-5-7-15/h3-7,12-14H,8-11H2,1-2H3,(H,19,22). The van der Waals surface area contributed by atoms with Gasteiger partial charge in [-0.2, -0.15) is 0 Å². The molecule has 1 aliphatic rings. The van der Waals surface area contributed by atoms with Crippen LogP contribution in [0.2, 0.25) is 0 Å². The van der Waals surface area contributed by atoms with Gasteiger partial charge in [0.15, 0.2) is 0 Å². The molecule has 23 heavy (non-hydrogen) atoms. The number of hydrogen-bond donors (Lipinski definition) is 1. The van der Waals surface area contributed by atoms with Crippen molar-refractivity contribution in [2.24, 2.45) is 11.8 Å². The number of hydrogen-bond acceptors (Lipinski definition) is 3. The minimum absolute atomic E-state index is 0.0276. The summed E-state index contributed by atoms with van der Waals surface area (Å²) in [5, 5.41) is 5.99. The number of carbonyl (C=O) groups is 1. The smallest absolute Gasteiger partial charge is 0.317 e. The minimum atomic E-state index is 0.0276. The third-order valence-electron chi connectivity index (χ3n) is 4.17. The minimum Gasteiger partial charge on any atom is -0.331 e. The monoisotopic (exact) mass is 329 g/mol. The van der Waals surface area contributed by atoms with Gasteiger partial charge in [-0.05, 0) is 18.3 Å². The number of thiazole rings is 1. The first-order chi connectivity index (χ1) is 11.1. The molecule has 4 nitrogen and oxygen atoms in total. The lowest BCUT2D eigenvalue weighted by atomic mass is 9.92. The molecular formula is C18H23N3OS. The van der Waals surface area contributed by atoms with Gasteiger partial charge in [-0.1, -0.05) is 44.2 Å². The second-order valence-corrected chi connectivity index (χ2v) is 7.44. The van der Waals surface area contributed by atoms with E-state index in [1.165, 1.54) is 6.42 Å². The molecule has 0 spiro atoms. The van der Waals surface area contributed by atoms with Crippen LogP contribution >= 0.6 is 11.3 Å². The number of nitrogens with zero attached hydrogens (tertiary/aromatic N) is 2. The lowest BCUT2D eigenvalue weighted by Crippen LogP contribution is -2.47. The molecule has 1 N–H and O–H groups in total. The van der Waals surface area contributed by atoms with E-state index in [9.17, 15) is 4.79 Å². The van der Waals surface area contributed by atoms with Crippen LogP contribution in [0.15, 0.2) is 35.7 Å². The van der Waals surface area contributed by atoms with Crippen molar-refractivity contribution in [1.29, 1.82) is 0 Å². The van der Waals surface area contributed by atoms with Crippen molar-refractivity contribution in [3.8, 4) is 11.3 Å². The number of urea groups is 1. The van der Waals surface area contributed by atoms with Crippen LogP contribution in [0, 0.1) is 11.8 Å². The summed E-state index contributed by atoms with van der Waals surface area (Å²) in [6, 6.07) is 10.1. The zero-order valence-corrected chi connectivity index (χ0v) is 14.5. The van der Waals surface area contributed by atoms with Gasteiger partial charge in [0.1, 0.15) is 5.01 Å². The fraction of sp³-hybridized carbons (Fsp3) is 0.444. The summed E-state index contributed by atoms with van der Waals surface area (Å²) < 4.78 is 0. The topological polar surface area (TPSA) is 45.2 Å². The molecule has 5 heteroatoms. The Morgan fingerprint density at radius 3 is 2.65 bits per heavy atom. The van der Waals surface area contributed by atoms with E-state index in [-0.39, 0.29) is 6.03 Å². The SMILES string of the molecule is CC1CC(C)CN(C(=O)NCc2nc(-c3ccccc3)cs2)C1. The van der Waals surface area contributed by atoms with Crippen LogP contribution in [0.4, 0.5) is 4.79 Å². The molecule has 122 valence electrons. The van der Waals surface area contributed by atoms with Crippen molar-refractivity contribution in [1.82, 2.24) is 15.2 Å². The molecule has 1 aromatic heterocycles. The zero-order valence-electron chi connectivity index (χ0n) is 13.7. The number of benzene rings is 1. The van der Waals surface area contributed by atoms with E-state index < -0.39 is 0 Å². The number of rotatable bonds is 3. The summed E-state index contributed by atoms with van der Waals surface area (Å²) in [6.45, 7) is 6.62. The molecule has 1 aromatic carbocycles. The van der Waals surface area contributed by atoms with Crippen molar-refractivity contribution >= 4 is 17.4 Å². The fourth-order valence-corrected chi connectivity index (χ4v) is 3.97. The Balaban J connectivity index is 1.56. The highest BCUT2D eigenvalue weighted by molar-refractivity contribution is 7.09. The highest BCUT2D eigenvalue weighted by atomic mass is 32.1. The Morgan fingerprint density at radius 1 is 1.26 bits per heavy atom. The van der Waals surface area contributed by atoms with Crippen molar-refractivity contribution in [3.05, 3.63) is 40.7 Å². The normalized spacial score (nSPS) is 21.2. The molecule has 1 saturated heterocycles. The van der Waals surface area contributed by atoms with Gasteiger partial charge in [-0.3, -0.25) is 0 Å². The summed E-state index contributed by atoms with van der Waals surface area (Å²) in [6.07, 6.45) is 1.21. The number of amides is 2. The molecule has 3 rings (SSSR count). The lowest BCUT2D eigenvalue weighted by molar-refractivity contribution is 0.146. The van der Waals surface area contributed by atoms with Crippen LogP contribution in [0.5, 0.6) is 0 Å².